The van der Waals surface area contributed by atoms with E-state index in [1.54, 1.807) is 4.90 Å². The van der Waals surface area contributed by atoms with E-state index in [4.69, 9.17) is 0 Å². The maximum absolute atomic E-state index is 12.8. The number of carbonyl (C=O) groups excluding carboxylic acids is 2. The van der Waals surface area contributed by atoms with Crippen LogP contribution in [0.25, 0.3) is 0 Å². The van der Waals surface area contributed by atoms with Crippen LogP contribution in [0.1, 0.15) is 56.4 Å². The summed E-state index contributed by atoms with van der Waals surface area (Å²) in [6.45, 7) is 5.33. The van der Waals surface area contributed by atoms with E-state index < -0.39 is 6.04 Å². The van der Waals surface area contributed by atoms with Gasteiger partial charge in [-0.25, -0.2) is 0 Å². The predicted octanol–water partition coefficient (Wildman–Crippen LogP) is 2.42. The molecule has 126 valence electrons. The highest BCUT2D eigenvalue weighted by molar-refractivity contribution is 5.97. The minimum atomic E-state index is -0.397. The summed E-state index contributed by atoms with van der Waals surface area (Å²) in [4.78, 5) is 27.3. The lowest BCUT2D eigenvalue weighted by Crippen LogP contribution is -2.57. The van der Waals surface area contributed by atoms with Crippen LogP contribution in [-0.4, -0.2) is 39.9 Å². The third-order valence-electron chi connectivity index (χ3n) is 4.87. The van der Waals surface area contributed by atoms with Crippen molar-refractivity contribution in [1.82, 2.24) is 14.8 Å². The highest BCUT2D eigenvalue weighted by atomic mass is 16.2. The van der Waals surface area contributed by atoms with Crippen molar-refractivity contribution in [2.24, 2.45) is 5.92 Å². The molecule has 0 saturated heterocycles. The number of fused-ring (bicyclic) bond motifs is 1. The summed E-state index contributed by atoms with van der Waals surface area (Å²) >= 11 is 0. The fourth-order valence-corrected chi connectivity index (χ4v) is 3.71. The Hall–Kier alpha value is -1.78. The fourth-order valence-electron chi connectivity index (χ4n) is 3.71. The highest BCUT2D eigenvalue weighted by Crippen LogP contribution is 2.22. The molecule has 23 heavy (non-hydrogen) atoms. The predicted molar refractivity (Wildman–Crippen MR) is 89.1 cm³/mol. The molecule has 1 atom stereocenters. The van der Waals surface area contributed by atoms with Gasteiger partial charge in [-0.05, 0) is 30.9 Å². The van der Waals surface area contributed by atoms with Crippen LogP contribution in [0.4, 0.5) is 0 Å². The Balaban J connectivity index is 1.77. The number of amides is 2. The molecule has 0 bridgehead atoms. The summed E-state index contributed by atoms with van der Waals surface area (Å²) in [5, 5.41) is 3.19. The van der Waals surface area contributed by atoms with Gasteiger partial charge < -0.3 is 14.8 Å². The third-order valence-corrected chi connectivity index (χ3v) is 4.87. The van der Waals surface area contributed by atoms with E-state index in [-0.39, 0.29) is 17.9 Å². The SMILES string of the molecule is CC(C)CN1C(=O)c2cccn2CC1C(=O)NC1CCCCC1. The van der Waals surface area contributed by atoms with Gasteiger partial charge in [0.15, 0.2) is 0 Å². The van der Waals surface area contributed by atoms with Gasteiger partial charge in [-0.2, -0.15) is 0 Å². The summed E-state index contributed by atoms with van der Waals surface area (Å²) < 4.78 is 1.91. The van der Waals surface area contributed by atoms with E-state index in [1.807, 2.05) is 22.9 Å². The molecule has 0 radical (unpaired) electrons. The average Bonchev–Trinajstić information content (AvgIpc) is 2.99. The number of nitrogens with one attached hydrogen (secondary N) is 1. The zero-order valence-corrected chi connectivity index (χ0v) is 14.1. The second-order valence-corrected chi connectivity index (χ2v) is 7.26. The molecular weight excluding hydrogens is 290 g/mol. The molecule has 0 aromatic carbocycles. The van der Waals surface area contributed by atoms with E-state index >= 15 is 0 Å². The fraction of sp³-hybridized carbons (Fsp3) is 0.667. The molecule has 1 aromatic rings. The van der Waals surface area contributed by atoms with Crippen LogP contribution in [-0.2, 0) is 11.3 Å². The van der Waals surface area contributed by atoms with Crippen molar-refractivity contribution in [3.63, 3.8) is 0 Å². The van der Waals surface area contributed by atoms with Crippen molar-refractivity contribution >= 4 is 11.8 Å². The van der Waals surface area contributed by atoms with E-state index in [2.05, 4.69) is 19.2 Å². The maximum atomic E-state index is 12.8. The average molecular weight is 317 g/mol. The van der Waals surface area contributed by atoms with Crippen LogP contribution in [0.15, 0.2) is 18.3 Å². The van der Waals surface area contributed by atoms with Crippen LogP contribution in [0, 0.1) is 5.92 Å². The van der Waals surface area contributed by atoms with Crippen LogP contribution in [0.5, 0.6) is 0 Å². The zero-order valence-electron chi connectivity index (χ0n) is 14.1. The standard InChI is InChI=1S/C18H27N3O2/c1-13(2)11-21-16(12-20-10-6-9-15(20)18(21)23)17(22)19-14-7-4-3-5-8-14/h6,9-10,13-14,16H,3-5,7-8,11-12H2,1-2H3,(H,19,22). The molecule has 5 heteroatoms. The Morgan fingerprint density at radius 2 is 2.04 bits per heavy atom. The van der Waals surface area contributed by atoms with Crippen molar-refractivity contribution in [1.29, 1.82) is 0 Å². The number of nitrogens with zero attached hydrogens (tertiary/aromatic N) is 2. The maximum Gasteiger partial charge on any atom is 0.271 e. The Kier molecular flexibility index (Phi) is 4.74. The Morgan fingerprint density at radius 1 is 1.30 bits per heavy atom. The lowest BCUT2D eigenvalue weighted by molar-refractivity contribution is -0.127. The van der Waals surface area contributed by atoms with Crippen molar-refractivity contribution in [3.8, 4) is 0 Å². The lowest BCUT2D eigenvalue weighted by Gasteiger charge is -2.37. The zero-order chi connectivity index (χ0) is 16.4. The van der Waals surface area contributed by atoms with Gasteiger partial charge >= 0.3 is 0 Å². The first-order chi connectivity index (χ1) is 11.1. The quantitative estimate of drug-likeness (QED) is 0.927. The number of rotatable bonds is 4. The minimum Gasteiger partial charge on any atom is -0.352 e. The Labute approximate surface area is 138 Å². The van der Waals surface area contributed by atoms with Crippen molar-refractivity contribution in [2.75, 3.05) is 6.54 Å². The van der Waals surface area contributed by atoms with Crippen molar-refractivity contribution in [2.45, 2.75) is 64.6 Å². The number of aromatic nitrogens is 1. The van der Waals surface area contributed by atoms with Gasteiger partial charge in [0.05, 0.1) is 6.54 Å². The Bertz CT molecular complexity index is 573. The minimum absolute atomic E-state index is 0.00486. The summed E-state index contributed by atoms with van der Waals surface area (Å²) in [6.07, 6.45) is 7.65. The second-order valence-electron chi connectivity index (χ2n) is 7.26. The van der Waals surface area contributed by atoms with Gasteiger partial charge in [0.25, 0.3) is 5.91 Å². The van der Waals surface area contributed by atoms with Gasteiger partial charge in [-0.3, -0.25) is 9.59 Å². The molecule has 2 heterocycles. The molecular formula is C18H27N3O2. The summed E-state index contributed by atoms with van der Waals surface area (Å²) in [5.74, 6) is 0.314. The van der Waals surface area contributed by atoms with Gasteiger partial charge in [0.2, 0.25) is 5.91 Å². The molecule has 1 unspecified atom stereocenters. The summed E-state index contributed by atoms with van der Waals surface area (Å²) in [5.41, 5.74) is 0.687. The van der Waals surface area contributed by atoms with Crippen molar-refractivity contribution in [3.05, 3.63) is 24.0 Å². The highest BCUT2D eigenvalue weighted by Gasteiger charge is 2.37. The normalized spacial score (nSPS) is 22.3. The molecule has 2 aliphatic rings. The molecule has 2 amide bonds. The first kappa shape index (κ1) is 16.1. The monoisotopic (exact) mass is 317 g/mol. The third kappa shape index (κ3) is 3.43. The number of hydrogen-bond donors (Lipinski definition) is 1. The van der Waals surface area contributed by atoms with E-state index in [0.717, 1.165) is 12.8 Å². The lowest BCUT2D eigenvalue weighted by atomic mass is 9.95. The molecule has 1 N–H and O–H groups in total. The molecule has 0 spiro atoms. The molecule has 5 nitrogen and oxygen atoms in total. The number of carbonyl (C=O) groups is 2. The van der Waals surface area contributed by atoms with E-state index in [1.165, 1.54) is 19.3 Å². The molecule has 3 rings (SSSR count). The first-order valence-corrected chi connectivity index (χ1v) is 8.82. The topological polar surface area (TPSA) is 54.3 Å². The van der Waals surface area contributed by atoms with Crippen LogP contribution >= 0.6 is 0 Å². The summed E-state index contributed by atoms with van der Waals surface area (Å²) in [6, 6.07) is 3.60. The van der Waals surface area contributed by atoms with Crippen LogP contribution in [0.3, 0.4) is 0 Å². The first-order valence-electron chi connectivity index (χ1n) is 8.82. The van der Waals surface area contributed by atoms with Gasteiger partial charge in [0.1, 0.15) is 11.7 Å². The Morgan fingerprint density at radius 3 is 2.74 bits per heavy atom. The second kappa shape index (κ2) is 6.77. The van der Waals surface area contributed by atoms with Crippen LogP contribution in [0.2, 0.25) is 0 Å². The smallest absolute Gasteiger partial charge is 0.271 e. The van der Waals surface area contributed by atoms with E-state index in [0.29, 0.717) is 24.7 Å². The summed E-state index contributed by atoms with van der Waals surface area (Å²) in [7, 11) is 0. The van der Waals surface area contributed by atoms with Crippen LogP contribution < -0.4 is 5.32 Å². The van der Waals surface area contributed by atoms with Gasteiger partial charge in [-0.1, -0.05) is 33.1 Å². The van der Waals surface area contributed by atoms with Crippen molar-refractivity contribution < 1.29 is 9.59 Å². The van der Waals surface area contributed by atoms with Gasteiger partial charge in [-0.15, -0.1) is 0 Å². The largest absolute Gasteiger partial charge is 0.352 e. The van der Waals surface area contributed by atoms with E-state index in [9.17, 15) is 9.59 Å². The molecule has 1 aliphatic carbocycles. The molecule has 1 fully saturated rings. The molecule has 1 aliphatic heterocycles. The number of hydrogen-bond acceptors (Lipinski definition) is 2. The molecule has 1 saturated carbocycles. The molecule has 1 aromatic heterocycles. The van der Waals surface area contributed by atoms with Gasteiger partial charge in [0, 0.05) is 18.8 Å².